The summed E-state index contributed by atoms with van der Waals surface area (Å²) in [7, 11) is 0. The first kappa shape index (κ1) is 22.4. The van der Waals surface area contributed by atoms with Crippen LogP contribution in [-0.4, -0.2) is 34.4 Å². The standard InChI is InChI=1S/C28H23N7O2/c1-16-6-3-8-18-12-20(35(28(37)22(16)18)26-17(2)7-5-11-30-26)14-34-27-23(25(29)31-15-32-27)24(33-34)19-9-4-10-21(36)13-19/h3-13,15,36H,14H2,1-2H3,(H2,29,31,32). The lowest BCUT2D eigenvalue weighted by Gasteiger charge is -2.16. The quantitative estimate of drug-likeness (QED) is 0.381. The van der Waals surface area contributed by atoms with Crippen molar-refractivity contribution in [2.45, 2.75) is 20.4 Å². The van der Waals surface area contributed by atoms with Crippen LogP contribution in [0.25, 0.3) is 38.9 Å². The number of benzene rings is 2. The lowest BCUT2D eigenvalue weighted by Crippen LogP contribution is -2.25. The largest absolute Gasteiger partial charge is 0.508 e. The number of hydrogen-bond donors (Lipinski definition) is 2. The van der Waals surface area contributed by atoms with Gasteiger partial charge in [0.15, 0.2) is 5.65 Å². The predicted molar refractivity (Wildman–Crippen MR) is 143 cm³/mol. The van der Waals surface area contributed by atoms with E-state index in [0.717, 1.165) is 16.5 Å². The van der Waals surface area contributed by atoms with Crippen molar-refractivity contribution in [3.05, 3.63) is 100 Å². The fourth-order valence-corrected chi connectivity index (χ4v) is 4.80. The second-order valence-corrected chi connectivity index (χ2v) is 8.97. The van der Waals surface area contributed by atoms with Gasteiger partial charge < -0.3 is 10.8 Å². The van der Waals surface area contributed by atoms with E-state index < -0.39 is 0 Å². The Balaban J connectivity index is 1.63. The molecule has 9 nitrogen and oxygen atoms in total. The van der Waals surface area contributed by atoms with Gasteiger partial charge in [0.25, 0.3) is 5.56 Å². The van der Waals surface area contributed by atoms with Crippen LogP contribution in [0, 0.1) is 13.8 Å². The third-order valence-corrected chi connectivity index (χ3v) is 6.51. The Labute approximate surface area is 211 Å². The Morgan fingerprint density at radius 2 is 1.73 bits per heavy atom. The maximum Gasteiger partial charge on any atom is 0.264 e. The number of aromatic nitrogens is 6. The highest BCUT2D eigenvalue weighted by Gasteiger charge is 2.20. The molecule has 6 aromatic rings. The molecule has 0 fully saturated rings. The van der Waals surface area contributed by atoms with Gasteiger partial charge >= 0.3 is 0 Å². The van der Waals surface area contributed by atoms with Crippen molar-refractivity contribution in [1.82, 2.24) is 29.3 Å². The number of nitrogens with two attached hydrogens (primary N) is 1. The number of pyridine rings is 2. The average Bonchev–Trinajstić information content (AvgIpc) is 3.25. The fraction of sp³-hybridized carbons (Fsp3) is 0.107. The molecule has 0 saturated heterocycles. The van der Waals surface area contributed by atoms with Crippen LogP contribution >= 0.6 is 0 Å². The van der Waals surface area contributed by atoms with Gasteiger partial charge in [-0.3, -0.25) is 9.36 Å². The number of fused-ring (bicyclic) bond motifs is 2. The molecule has 0 atom stereocenters. The first-order valence-electron chi connectivity index (χ1n) is 11.7. The molecule has 0 aliphatic heterocycles. The molecule has 0 spiro atoms. The minimum Gasteiger partial charge on any atom is -0.508 e. The molecule has 182 valence electrons. The molecule has 0 unspecified atom stereocenters. The molecule has 6 rings (SSSR count). The lowest BCUT2D eigenvalue weighted by molar-refractivity contribution is 0.475. The molecular formula is C28H23N7O2. The number of phenols is 1. The zero-order chi connectivity index (χ0) is 25.7. The Bertz CT molecular complexity index is 1890. The van der Waals surface area contributed by atoms with Gasteiger partial charge in [-0.05, 0) is 54.6 Å². The summed E-state index contributed by atoms with van der Waals surface area (Å²) in [4.78, 5) is 27.1. The van der Waals surface area contributed by atoms with E-state index in [1.165, 1.54) is 6.33 Å². The van der Waals surface area contributed by atoms with E-state index in [-0.39, 0.29) is 23.7 Å². The van der Waals surface area contributed by atoms with Gasteiger partial charge in [-0.1, -0.05) is 36.4 Å². The Kier molecular flexibility index (Phi) is 5.19. The van der Waals surface area contributed by atoms with Gasteiger partial charge in [-0.25, -0.2) is 19.6 Å². The highest BCUT2D eigenvalue weighted by atomic mass is 16.3. The van der Waals surface area contributed by atoms with Crippen LogP contribution in [0.2, 0.25) is 0 Å². The monoisotopic (exact) mass is 489 g/mol. The van der Waals surface area contributed by atoms with Crippen molar-refractivity contribution in [3.63, 3.8) is 0 Å². The summed E-state index contributed by atoms with van der Waals surface area (Å²) < 4.78 is 3.36. The van der Waals surface area contributed by atoms with E-state index in [4.69, 9.17) is 10.8 Å². The third kappa shape index (κ3) is 3.68. The van der Waals surface area contributed by atoms with Crippen molar-refractivity contribution in [2.75, 3.05) is 5.73 Å². The van der Waals surface area contributed by atoms with Crippen LogP contribution in [0.15, 0.2) is 78.0 Å². The number of nitrogens with zero attached hydrogens (tertiary/aromatic N) is 6. The summed E-state index contributed by atoms with van der Waals surface area (Å²) in [6.07, 6.45) is 3.07. The summed E-state index contributed by atoms with van der Waals surface area (Å²) in [6, 6.07) is 18.4. The molecule has 0 aliphatic rings. The van der Waals surface area contributed by atoms with Crippen molar-refractivity contribution >= 4 is 27.6 Å². The van der Waals surface area contributed by atoms with Crippen LogP contribution < -0.4 is 11.3 Å². The van der Waals surface area contributed by atoms with Crippen LogP contribution in [0.4, 0.5) is 5.82 Å². The summed E-state index contributed by atoms with van der Waals surface area (Å²) in [5.74, 6) is 0.952. The van der Waals surface area contributed by atoms with Crippen molar-refractivity contribution in [3.8, 4) is 22.8 Å². The smallest absolute Gasteiger partial charge is 0.264 e. The topological polar surface area (TPSA) is 125 Å². The average molecular weight is 490 g/mol. The summed E-state index contributed by atoms with van der Waals surface area (Å²) >= 11 is 0. The highest BCUT2D eigenvalue weighted by molar-refractivity contribution is 5.98. The van der Waals surface area contributed by atoms with Gasteiger partial charge in [-0.15, -0.1) is 0 Å². The highest BCUT2D eigenvalue weighted by Crippen LogP contribution is 2.32. The molecular weight excluding hydrogens is 466 g/mol. The second kappa shape index (κ2) is 8.56. The fourth-order valence-electron chi connectivity index (χ4n) is 4.80. The molecule has 4 aromatic heterocycles. The minimum atomic E-state index is -0.147. The number of aryl methyl sites for hydroxylation is 2. The van der Waals surface area contributed by atoms with E-state index in [1.54, 1.807) is 33.6 Å². The van der Waals surface area contributed by atoms with Crippen molar-refractivity contribution in [1.29, 1.82) is 0 Å². The number of aromatic hydroxyl groups is 1. The second-order valence-electron chi connectivity index (χ2n) is 8.97. The molecule has 0 saturated carbocycles. The Morgan fingerprint density at radius 1 is 0.919 bits per heavy atom. The third-order valence-electron chi connectivity index (χ3n) is 6.51. The molecule has 0 radical (unpaired) electrons. The predicted octanol–water partition coefficient (Wildman–Crippen LogP) is 4.15. The van der Waals surface area contributed by atoms with Crippen LogP contribution in [0.1, 0.15) is 16.8 Å². The number of phenolic OH excluding ortho intramolecular Hbond substituents is 1. The molecule has 37 heavy (non-hydrogen) atoms. The first-order valence-corrected chi connectivity index (χ1v) is 11.7. The summed E-state index contributed by atoms with van der Waals surface area (Å²) in [5, 5.41) is 16.9. The Morgan fingerprint density at radius 3 is 2.54 bits per heavy atom. The van der Waals surface area contributed by atoms with Crippen molar-refractivity contribution in [2.24, 2.45) is 0 Å². The van der Waals surface area contributed by atoms with Gasteiger partial charge in [0, 0.05) is 11.8 Å². The number of rotatable bonds is 4. The van der Waals surface area contributed by atoms with Gasteiger partial charge in [-0.2, -0.15) is 5.10 Å². The first-order chi connectivity index (χ1) is 17.9. The molecule has 9 heteroatoms. The van der Waals surface area contributed by atoms with Crippen LogP contribution in [0.3, 0.4) is 0 Å². The maximum atomic E-state index is 13.9. The summed E-state index contributed by atoms with van der Waals surface area (Å²) in [6.45, 7) is 4.08. The van der Waals surface area contributed by atoms with Gasteiger partial charge in [0.05, 0.1) is 23.0 Å². The molecule has 0 aliphatic carbocycles. The van der Waals surface area contributed by atoms with E-state index in [1.807, 2.05) is 56.3 Å². The van der Waals surface area contributed by atoms with Crippen LogP contribution in [0.5, 0.6) is 5.75 Å². The van der Waals surface area contributed by atoms with E-state index in [9.17, 15) is 9.90 Å². The minimum absolute atomic E-state index is 0.111. The van der Waals surface area contributed by atoms with Gasteiger partial charge in [0.2, 0.25) is 0 Å². The van der Waals surface area contributed by atoms with E-state index in [2.05, 4.69) is 15.0 Å². The van der Waals surface area contributed by atoms with Crippen LogP contribution in [-0.2, 0) is 6.54 Å². The van der Waals surface area contributed by atoms with E-state index >= 15 is 0 Å². The SMILES string of the molecule is Cc1cccnc1-n1c(Cn2nc(-c3cccc(O)c3)c3c(N)ncnc32)cc2cccc(C)c2c1=O. The molecule has 3 N–H and O–H groups in total. The molecule has 0 bridgehead atoms. The number of hydrogen-bond acceptors (Lipinski definition) is 7. The number of anilines is 1. The molecule has 2 aromatic carbocycles. The number of nitrogen functional groups attached to an aromatic ring is 1. The van der Waals surface area contributed by atoms with Gasteiger partial charge in [0.1, 0.15) is 29.4 Å². The van der Waals surface area contributed by atoms with Crippen molar-refractivity contribution < 1.29 is 5.11 Å². The normalized spacial score (nSPS) is 11.4. The maximum absolute atomic E-state index is 13.9. The lowest BCUT2D eigenvalue weighted by atomic mass is 10.1. The molecule has 0 amide bonds. The zero-order valence-corrected chi connectivity index (χ0v) is 20.3. The van der Waals surface area contributed by atoms with E-state index in [0.29, 0.717) is 39.2 Å². The zero-order valence-electron chi connectivity index (χ0n) is 20.3. The molecule has 4 heterocycles. The Hall–Kier alpha value is -5.05. The summed E-state index contributed by atoms with van der Waals surface area (Å²) in [5.41, 5.74) is 10.3.